The first-order chi connectivity index (χ1) is 20.1. The predicted octanol–water partition coefficient (Wildman–Crippen LogP) is 5.26. The Bertz CT molecular complexity index is 1760. The molecule has 2 fully saturated rings. The van der Waals surface area contributed by atoms with Crippen LogP contribution in [0, 0.1) is 5.41 Å². The number of rotatable bonds is 5. The van der Waals surface area contributed by atoms with Gasteiger partial charge in [0.2, 0.25) is 0 Å². The van der Waals surface area contributed by atoms with Crippen LogP contribution in [0.3, 0.4) is 0 Å². The number of pyridine rings is 2. The van der Waals surface area contributed by atoms with Crippen LogP contribution in [0.2, 0.25) is 0 Å². The van der Waals surface area contributed by atoms with Crippen molar-refractivity contribution in [3.8, 4) is 11.1 Å². The van der Waals surface area contributed by atoms with E-state index in [-0.39, 0.29) is 29.9 Å². The average Bonchev–Trinajstić information content (AvgIpc) is 3.39. The maximum atomic E-state index is 13.8. The fourth-order valence-electron chi connectivity index (χ4n) is 6.60. The van der Waals surface area contributed by atoms with E-state index in [0.29, 0.717) is 24.1 Å². The Labute approximate surface area is 244 Å². The van der Waals surface area contributed by atoms with E-state index in [1.54, 1.807) is 37.3 Å². The number of hydrogen-bond acceptors (Lipinski definition) is 7. The summed E-state index contributed by atoms with van der Waals surface area (Å²) in [5, 5.41) is 11.5. The second-order valence-electron chi connectivity index (χ2n) is 12.3. The van der Waals surface area contributed by atoms with Crippen molar-refractivity contribution in [1.82, 2.24) is 29.3 Å². The normalized spacial score (nSPS) is 20.7. The lowest BCUT2D eigenvalue weighted by molar-refractivity contribution is 0.00298. The lowest BCUT2D eigenvalue weighted by Gasteiger charge is -2.39. The lowest BCUT2D eigenvalue weighted by Crippen LogP contribution is -2.49. The summed E-state index contributed by atoms with van der Waals surface area (Å²) >= 11 is 0. The van der Waals surface area contributed by atoms with Crippen LogP contribution in [0.1, 0.15) is 58.2 Å². The number of nitrogens with zero attached hydrogens (tertiary/aromatic N) is 5. The van der Waals surface area contributed by atoms with Crippen molar-refractivity contribution < 1.29 is 9.53 Å². The SMILES string of the molecule is CN/C=C(\C=N)c1ccc(-c2ccc3ncc4c(c3c2)n(C2CC3CCC(C2)N3C(=O)OC(C)(C)C)c(=O)n4C)cn1. The van der Waals surface area contributed by atoms with Crippen LogP contribution < -0.4 is 11.0 Å². The summed E-state index contributed by atoms with van der Waals surface area (Å²) in [5.41, 5.74) is 5.14. The molecule has 2 atom stereocenters. The molecule has 1 aromatic carbocycles. The fourth-order valence-corrected chi connectivity index (χ4v) is 6.60. The molecule has 42 heavy (non-hydrogen) atoms. The van der Waals surface area contributed by atoms with Gasteiger partial charge in [-0.25, -0.2) is 9.59 Å². The monoisotopic (exact) mass is 567 g/mol. The van der Waals surface area contributed by atoms with Gasteiger partial charge in [-0.2, -0.15) is 0 Å². The molecular formula is C32H37N7O3. The van der Waals surface area contributed by atoms with Gasteiger partial charge in [0, 0.05) is 67.4 Å². The third kappa shape index (κ3) is 4.74. The molecule has 2 aliphatic rings. The van der Waals surface area contributed by atoms with Crippen molar-refractivity contribution in [3.05, 3.63) is 65.1 Å². The summed E-state index contributed by atoms with van der Waals surface area (Å²) in [4.78, 5) is 38.0. The molecule has 0 spiro atoms. The Kier molecular flexibility index (Phi) is 6.87. The van der Waals surface area contributed by atoms with E-state index in [1.165, 1.54) is 6.21 Å². The van der Waals surface area contributed by atoms with E-state index in [4.69, 9.17) is 10.1 Å². The van der Waals surface area contributed by atoms with E-state index in [0.717, 1.165) is 45.9 Å². The standard InChI is InChI=1S/C32H37N7O3/c1-32(2,3)42-31(41)38-22-8-9-23(38)14-24(13-22)39-29-25-12-19(6-11-27(25)36-18-28(29)37(5)30(39)40)20-7-10-26(35-17-20)21(15-33)16-34-4/h6-7,10-12,15-18,22-24,33-34H,8-9,13-14H2,1-5H3/b21-16+,33-15?. The van der Waals surface area contributed by atoms with Crippen LogP contribution in [0.25, 0.3) is 38.6 Å². The zero-order valence-corrected chi connectivity index (χ0v) is 24.7. The summed E-state index contributed by atoms with van der Waals surface area (Å²) < 4.78 is 9.36. The molecule has 5 heterocycles. The minimum absolute atomic E-state index is 0.0360. The third-order valence-electron chi connectivity index (χ3n) is 8.44. The maximum absolute atomic E-state index is 13.8. The fraction of sp³-hybridized carbons (Fsp3) is 0.406. The number of allylic oxidation sites excluding steroid dienone is 1. The van der Waals surface area contributed by atoms with Crippen LogP contribution in [0.4, 0.5) is 4.79 Å². The van der Waals surface area contributed by atoms with E-state index in [2.05, 4.69) is 21.4 Å². The third-order valence-corrected chi connectivity index (χ3v) is 8.44. The number of aromatic nitrogens is 4. The van der Waals surface area contributed by atoms with Gasteiger partial charge in [0.1, 0.15) is 5.60 Å². The molecule has 2 bridgehead atoms. The number of ether oxygens (including phenoxy) is 1. The molecule has 10 heteroatoms. The number of aryl methyl sites for hydroxylation is 1. The van der Waals surface area contributed by atoms with Gasteiger partial charge in [0.05, 0.1) is 28.4 Å². The molecule has 2 aliphatic heterocycles. The number of piperidine rings is 1. The average molecular weight is 568 g/mol. The van der Waals surface area contributed by atoms with Crippen LogP contribution in [-0.4, -0.2) is 61.0 Å². The molecule has 2 unspecified atom stereocenters. The molecule has 10 nitrogen and oxygen atoms in total. The minimum atomic E-state index is -0.550. The highest BCUT2D eigenvalue weighted by Crippen LogP contribution is 2.42. The second-order valence-corrected chi connectivity index (χ2v) is 12.3. The molecule has 218 valence electrons. The molecule has 0 radical (unpaired) electrons. The van der Waals surface area contributed by atoms with Crippen molar-refractivity contribution in [2.45, 2.75) is 70.2 Å². The number of fused-ring (bicyclic) bond motifs is 5. The number of carbonyl (C=O) groups excluding carboxylic acids is 1. The zero-order valence-electron chi connectivity index (χ0n) is 24.7. The van der Waals surface area contributed by atoms with Crippen molar-refractivity contribution in [3.63, 3.8) is 0 Å². The lowest BCUT2D eigenvalue weighted by atomic mass is 9.97. The predicted molar refractivity (Wildman–Crippen MR) is 165 cm³/mol. The molecule has 1 amide bonds. The molecule has 2 N–H and O–H groups in total. The van der Waals surface area contributed by atoms with Crippen molar-refractivity contribution >= 4 is 39.8 Å². The second kappa shape index (κ2) is 10.4. The molecule has 4 aromatic rings. The van der Waals surface area contributed by atoms with Crippen LogP contribution in [0.15, 0.2) is 53.7 Å². The topological polar surface area (TPSA) is 118 Å². The van der Waals surface area contributed by atoms with Gasteiger partial charge in [-0.15, -0.1) is 0 Å². The highest BCUT2D eigenvalue weighted by molar-refractivity contribution is 6.07. The van der Waals surface area contributed by atoms with Gasteiger partial charge in [-0.05, 0) is 70.2 Å². The van der Waals surface area contributed by atoms with Gasteiger partial charge in [-0.3, -0.25) is 19.1 Å². The van der Waals surface area contributed by atoms with E-state index < -0.39 is 5.60 Å². The number of nitrogens with one attached hydrogen (secondary N) is 2. The van der Waals surface area contributed by atoms with Crippen LogP contribution in [0.5, 0.6) is 0 Å². The number of hydrogen-bond donors (Lipinski definition) is 2. The Hall–Kier alpha value is -4.47. The summed E-state index contributed by atoms with van der Waals surface area (Å²) in [6.07, 6.45) is 9.59. The first-order valence-corrected chi connectivity index (χ1v) is 14.5. The van der Waals surface area contributed by atoms with Crippen molar-refractivity contribution in [2.24, 2.45) is 7.05 Å². The highest BCUT2D eigenvalue weighted by Gasteiger charge is 2.46. The molecule has 2 saturated heterocycles. The Morgan fingerprint density at radius 3 is 2.38 bits per heavy atom. The van der Waals surface area contributed by atoms with Crippen LogP contribution in [-0.2, 0) is 11.8 Å². The van der Waals surface area contributed by atoms with E-state index in [1.807, 2.05) is 54.5 Å². The molecule has 0 saturated carbocycles. The van der Waals surface area contributed by atoms with Crippen molar-refractivity contribution in [2.75, 3.05) is 7.05 Å². The molecular weight excluding hydrogens is 530 g/mol. The van der Waals surface area contributed by atoms with Gasteiger partial charge < -0.3 is 20.4 Å². The number of carbonyl (C=O) groups is 1. The summed E-state index contributed by atoms with van der Waals surface area (Å²) in [6, 6.07) is 10.0. The number of benzene rings is 1. The van der Waals surface area contributed by atoms with Crippen molar-refractivity contribution in [1.29, 1.82) is 5.41 Å². The van der Waals surface area contributed by atoms with Gasteiger partial charge in [-0.1, -0.05) is 12.1 Å². The van der Waals surface area contributed by atoms with E-state index >= 15 is 0 Å². The Morgan fingerprint density at radius 1 is 1.05 bits per heavy atom. The summed E-state index contributed by atoms with van der Waals surface area (Å²) in [5.74, 6) is 0. The van der Waals surface area contributed by atoms with Crippen LogP contribution >= 0.6 is 0 Å². The Balaban J connectivity index is 1.40. The molecule has 6 rings (SSSR count). The first-order valence-electron chi connectivity index (χ1n) is 14.5. The van der Waals surface area contributed by atoms with Gasteiger partial charge in [0.15, 0.2) is 0 Å². The minimum Gasteiger partial charge on any atom is -0.444 e. The zero-order chi connectivity index (χ0) is 29.8. The Morgan fingerprint density at radius 2 is 1.76 bits per heavy atom. The summed E-state index contributed by atoms with van der Waals surface area (Å²) in [7, 11) is 3.59. The summed E-state index contributed by atoms with van der Waals surface area (Å²) in [6.45, 7) is 5.67. The van der Waals surface area contributed by atoms with Gasteiger partial charge in [0.25, 0.3) is 0 Å². The smallest absolute Gasteiger partial charge is 0.410 e. The molecule has 3 aromatic heterocycles. The first kappa shape index (κ1) is 27.7. The number of amides is 1. The maximum Gasteiger partial charge on any atom is 0.410 e. The molecule has 0 aliphatic carbocycles. The van der Waals surface area contributed by atoms with E-state index in [9.17, 15) is 9.59 Å². The number of imidazole rings is 1. The quantitative estimate of drug-likeness (QED) is 0.318. The van der Waals surface area contributed by atoms with Gasteiger partial charge >= 0.3 is 11.8 Å². The largest absolute Gasteiger partial charge is 0.444 e. The highest BCUT2D eigenvalue weighted by atomic mass is 16.6.